The zero-order chi connectivity index (χ0) is 15.7. The number of carbonyl (C=O) groups is 3. The van der Waals surface area contributed by atoms with E-state index in [-0.39, 0.29) is 18.4 Å². The number of amides is 4. The van der Waals surface area contributed by atoms with Gasteiger partial charge in [-0.2, -0.15) is 0 Å². The summed E-state index contributed by atoms with van der Waals surface area (Å²) >= 11 is 1.61. The first-order valence-electron chi connectivity index (χ1n) is 7.56. The molecule has 2 N–H and O–H groups in total. The summed E-state index contributed by atoms with van der Waals surface area (Å²) in [6.07, 6.45) is 3.20. The maximum atomic E-state index is 12.8. The second kappa shape index (κ2) is 5.72. The largest absolute Gasteiger partial charge is 0.355 e. The molecule has 1 aliphatic heterocycles. The maximum absolute atomic E-state index is 12.8. The third kappa shape index (κ3) is 2.29. The van der Waals surface area contributed by atoms with E-state index in [1.807, 2.05) is 18.4 Å². The lowest BCUT2D eigenvalue weighted by Gasteiger charge is -2.31. The summed E-state index contributed by atoms with van der Waals surface area (Å²) in [7, 11) is 0. The van der Waals surface area contributed by atoms with E-state index in [4.69, 9.17) is 0 Å². The third-order valence-corrected chi connectivity index (χ3v) is 5.19. The van der Waals surface area contributed by atoms with Gasteiger partial charge in [-0.1, -0.05) is 6.92 Å². The molecule has 1 aliphatic carbocycles. The SMILES string of the molecule is CCCNC(=O)CN1C(=O)N[C@@]2(CCCc3sccc32)C1=O. The fourth-order valence-electron chi connectivity index (χ4n) is 3.15. The maximum Gasteiger partial charge on any atom is 0.325 e. The molecule has 1 aromatic rings. The van der Waals surface area contributed by atoms with Crippen LogP contribution in [-0.4, -0.2) is 35.8 Å². The first-order valence-corrected chi connectivity index (χ1v) is 8.44. The van der Waals surface area contributed by atoms with Crippen LogP contribution in [0.3, 0.4) is 0 Å². The van der Waals surface area contributed by atoms with Gasteiger partial charge in [-0.3, -0.25) is 14.5 Å². The normalized spacial score (nSPS) is 23.6. The number of imide groups is 1. The highest BCUT2D eigenvalue weighted by atomic mass is 32.1. The van der Waals surface area contributed by atoms with Crippen LogP contribution in [0.5, 0.6) is 0 Å². The van der Waals surface area contributed by atoms with Crippen molar-refractivity contribution < 1.29 is 14.4 Å². The van der Waals surface area contributed by atoms with Gasteiger partial charge in [0.05, 0.1) is 0 Å². The Bertz CT molecular complexity index is 627. The molecule has 3 rings (SSSR count). The number of urea groups is 1. The van der Waals surface area contributed by atoms with Gasteiger partial charge in [-0.15, -0.1) is 11.3 Å². The van der Waals surface area contributed by atoms with E-state index < -0.39 is 11.6 Å². The fraction of sp³-hybridized carbons (Fsp3) is 0.533. The molecule has 0 bridgehead atoms. The Morgan fingerprint density at radius 2 is 2.32 bits per heavy atom. The standard InChI is InChI=1S/C15H19N3O3S/c1-2-7-16-12(19)9-18-13(20)15(17-14(18)21)6-3-4-11-10(15)5-8-22-11/h5,8H,2-4,6-7,9H2,1H3,(H,16,19)(H,17,21)/t15-/m1/s1. The van der Waals surface area contributed by atoms with Crippen LogP contribution in [0.15, 0.2) is 11.4 Å². The predicted octanol–water partition coefficient (Wildman–Crippen LogP) is 1.36. The molecular weight excluding hydrogens is 302 g/mol. The summed E-state index contributed by atoms with van der Waals surface area (Å²) in [6.45, 7) is 2.28. The number of thiophene rings is 1. The molecule has 6 nitrogen and oxygen atoms in total. The minimum Gasteiger partial charge on any atom is -0.355 e. The summed E-state index contributed by atoms with van der Waals surface area (Å²) in [5.41, 5.74) is -0.0611. The second-order valence-electron chi connectivity index (χ2n) is 5.69. The number of nitrogens with one attached hydrogen (secondary N) is 2. The minimum atomic E-state index is -0.963. The van der Waals surface area contributed by atoms with E-state index in [0.717, 1.165) is 34.6 Å². The van der Waals surface area contributed by atoms with Crippen molar-refractivity contribution in [3.63, 3.8) is 0 Å². The Balaban J connectivity index is 1.82. The monoisotopic (exact) mass is 321 g/mol. The molecule has 2 heterocycles. The van der Waals surface area contributed by atoms with E-state index in [0.29, 0.717) is 13.0 Å². The van der Waals surface area contributed by atoms with Crippen molar-refractivity contribution in [2.24, 2.45) is 0 Å². The van der Waals surface area contributed by atoms with Crippen LogP contribution >= 0.6 is 11.3 Å². The van der Waals surface area contributed by atoms with Gasteiger partial charge in [0.25, 0.3) is 5.91 Å². The molecule has 7 heteroatoms. The minimum absolute atomic E-state index is 0.216. The predicted molar refractivity (Wildman–Crippen MR) is 82.5 cm³/mol. The average molecular weight is 321 g/mol. The molecular formula is C15H19N3O3S. The molecule has 4 amide bonds. The van der Waals surface area contributed by atoms with Crippen molar-refractivity contribution in [1.29, 1.82) is 0 Å². The van der Waals surface area contributed by atoms with Gasteiger partial charge in [0.2, 0.25) is 5.91 Å². The van der Waals surface area contributed by atoms with Crippen molar-refractivity contribution in [3.8, 4) is 0 Å². The Morgan fingerprint density at radius 1 is 1.50 bits per heavy atom. The molecule has 1 spiro atoms. The van der Waals surface area contributed by atoms with E-state index in [9.17, 15) is 14.4 Å². The van der Waals surface area contributed by atoms with Gasteiger partial charge in [-0.05, 0) is 37.1 Å². The van der Waals surface area contributed by atoms with Crippen LogP contribution in [0, 0.1) is 0 Å². The quantitative estimate of drug-likeness (QED) is 0.822. The summed E-state index contributed by atoms with van der Waals surface area (Å²) in [5.74, 6) is -0.604. The van der Waals surface area contributed by atoms with E-state index in [1.165, 1.54) is 0 Å². The summed E-state index contributed by atoms with van der Waals surface area (Å²) in [4.78, 5) is 39.1. The number of aryl methyl sites for hydroxylation is 1. The number of fused-ring (bicyclic) bond motifs is 2. The Labute approximate surface area is 132 Å². The van der Waals surface area contributed by atoms with Gasteiger partial charge in [0.1, 0.15) is 12.1 Å². The number of carbonyl (C=O) groups excluding carboxylic acids is 3. The van der Waals surface area contributed by atoms with Gasteiger partial charge in [0, 0.05) is 17.0 Å². The number of hydrogen-bond acceptors (Lipinski definition) is 4. The molecule has 1 atom stereocenters. The molecule has 0 unspecified atom stereocenters. The van der Waals surface area contributed by atoms with Gasteiger partial charge in [0.15, 0.2) is 0 Å². The lowest BCUT2D eigenvalue weighted by atomic mass is 9.80. The Kier molecular flexibility index (Phi) is 3.90. The van der Waals surface area contributed by atoms with Crippen LogP contribution in [0.2, 0.25) is 0 Å². The van der Waals surface area contributed by atoms with Crippen molar-refractivity contribution in [3.05, 3.63) is 21.9 Å². The smallest absolute Gasteiger partial charge is 0.325 e. The molecule has 0 radical (unpaired) electrons. The summed E-state index contributed by atoms with van der Waals surface area (Å²) < 4.78 is 0. The van der Waals surface area contributed by atoms with Crippen LogP contribution in [0.1, 0.15) is 36.6 Å². The Morgan fingerprint density at radius 3 is 3.09 bits per heavy atom. The highest BCUT2D eigenvalue weighted by Gasteiger charge is 2.54. The first-order chi connectivity index (χ1) is 10.6. The van der Waals surface area contributed by atoms with Crippen molar-refractivity contribution in [2.45, 2.75) is 38.1 Å². The van der Waals surface area contributed by atoms with Crippen molar-refractivity contribution >= 4 is 29.2 Å². The number of nitrogens with zero attached hydrogens (tertiary/aromatic N) is 1. The number of rotatable bonds is 4. The Hall–Kier alpha value is -1.89. The topological polar surface area (TPSA) is 78.5 Å². The van der Waals surface area contributed by atoms with Gasteiger partial charge >= 0.3 is 6.03 Å². The van der Waals surface area contributed by atoms with E-state index in [2.05, 4.69) is 10.6 Å². The lowest BCUT2D eigenvalue weighted by Crippen LogP contribution is -2.46. The zero-order valence-electron chi connectivity index (χ0n) is 12.5. The summed E-state index contributed by atoms with van der Waals surface area (Å²) in [6, 6.07) is 1.44. The second-order valence-corrected chi connectivity index (χ2v) is 6.69. The highest BCUT2D eigenvalue weighted by molar-refractivity contribution is 7.10. The molecule has 1 saturated heterocycles. The van der Waals surface area contributed by atoms with Crippen LogP contribution < -0.4 is 10.6 Å². The highest BCUT2D eigenvalue weighted by Crippen LogP contribution is 2.41. The molecule has 22 heavy (non-hydrogen) atoms. The van der Waals surface area contributed by atoms with E-state index >= 15 is 0 Å². The van der Waals surface area contributed by atoms with Crippen LogP contribution in [0.25, 0.3) is 0 Å². The number of hydrogen-bond donors (Lipinski definition) is 2. The first kappa shape index (κ1) is 15.0. The molecule has 0 aromatic carbocycles. The molecule has 118 valence electrons. The molecule has 0 saturated carbocycles. The summed E-state index contributed by atoms with van der Waals surface area (Å²) in [5, 5.41) is 7.48. The van der Waals surface area contributed by atoms with Gasteiger partial charge in [-0.25, -0.2) is 4.79 Å². The molecule has 1 aromatic heterocycles. The molecule has 2 aliphatic rings. The fourth-order valence-corrected chi connectivity index (χ4v) is 4.15. The van der Waals surface area contributed by atoms with Crippen LogP contribution in [0.4, 0.5) is 4.79 Å². The zero-order valence-corrected chi connectivity index (χ0v) is 13.3. The molecule has 1 fully saturated rings. The van der Waals surface area contributed by atoms with E-state index in [1.54, 1.807) is 11.3 Å². The average Bonchev–Trinajstić information content (AvgIpc) is 3.06. The van der Waals surface area contributed by atoms with Crippen LogP contribution in [-0.2, 0) is 21.5 Å². The van der Waals surface area contributed by atoms with Gasteiger partial charge < -0.3 is 10.6 Å². The van der Waals surface area contributed by atoms with Crippen molar-refractivity contribution in [1.82, 2.24) is 15.5 Å². The van der Waals surface area contributed by atoms with Crippen molar-refractivity contribution in [2.75, 3.05) is 13.1 Å². The lowest BCUT2D eigenvalue weighted by molar-refractivity contribution is -0.135. The third-order valence-electron chi connectivity index (χ3n) is 4.21.